The van der Waals surface area contributed by atoms with Gasteiger partial charge in [-0.25, -0.2) is 0 Å². The van der Waals surface area contributed by atoms with Crippen molar-refractivity contribution in [1.82, 2.24) is 9.80 Å². The average molecular weight is 390 g/mol. The Labute approximate surface area is 171 Å². The number of ether oxygens (including phenoxy) is 2. The highest BCUT2D eigenvalue weighted by molar-refractivity contribution is 5.47. The number of hydrogen-bond acceptors (Lipinski definition) is 5. The Morgan fingerprint density at radius 1 is 1.18 bits per heavy atom. The van der Waals surface area contributed by atoms with E-state index in [0.29, 0.717) is 18.1 Å². The highest BCUT2D eigenvalue weighted by Gasteiger charge is 2.28. The monoisotopic (exact) mass is 389 g/mol. The van der Waals surface area contributed by atoms with E-state index in [2.05, 4.69) is 60.2 Å². The topological polar surface area (TPSA) is 37.0 Å². The second-order valence-corrected chi connectivity index (χ2v) is 8.31. The molecule has 1 aromatic rings. The summed E-state index contributed by atoms with van der Waals surface area (Å²) in [7, 11) is 0. The molecule has 3 unspecified atom stereocenters. The minimum absolute atomic E-state index is 0.464. The maximum Gasteiger partial charge on any atom is 0.119 e. The summed E-state index contributed by atoms with van der Waals surface area (Å²) in [5.74, 6) is 1.59. The standard InChI is InChI=1S/C23H39N3O2/c1-4-25(5-2)14-16-28-21-10-8-20(9-11-21)24-23-12-13-26(17-19(23)3)18-22-7-6-15-27-22/h8-11,19,22-24H,4-7,12-18H2,1-3H3. The van der Waals surface area contributed by atoms with Gasteiger partial charge in [0.1, 0.15) is 12.4 Å². The highest BCUT2D eigenvalue weighted by Crippen LogP contribution is 2.24. The molecule has 0 amide bonds. The van der Waals surface area contributed by atoms with E-state index in [0.717, 1.165) is 58.2 Å². The molecular formula is C23H39N3O2. The maximum absolute atomic E-state index is 5.90. The minimum Gasteiger partial charge on any atom is -0.492 e. The summed E-state index contributed by atoms with van der Waals surface area (Å²) in [6.45, 7) is 15.0. The summed E-state index contributed by atoms with van der Waals surface area (Å²) < 4.78 is 11.7. The summed E-state index contributed by atoms with van der Waals surface area (Å²) in [4.78, 5) is 4.97. The smallest absolute Gasteiger partial charge is 0.119 e. The van der Waals surface area contributed by atoms with Gasteiger partial charge in [0.25, 0.3) is 0 Å². The number of nitrogens with zero attached hydrogens (tertiary/aromatic N) is 2. The predicted molar refractivity (Wildman–Crippen MR) is 116 cm³/mol. The fraction of sp³-hybridized carbons (Fsp3) is 0.739. The zero-order valence-electron chi connectivity index (χ0n) is 18.0. The van der Waals surface area contributed by atoms with Crippen LogP contribution in [0.4, 0.5) is 5.69 Å². The van der Waals surface area contributed by atoms with E-state index < -0.39 is 0 Å². The summed E-state index contributed by atoms with van der Waals surface area (Å²) in [5, 5.41) is 3.74. The molecule has 5 nitrogen and oxygen atoms in total. The van der Waals surface area contributed by atoms with Gasteiger partial charge < -0.3 is 24.6 Å². The zero-order chi connectivity index (χ0) is 19.8. The van der Waals surface area contributed by atoms with Crippen LogP contribution in [0.15, 0.2) is 24.3 Å². The number of likely N-dealkylation sites (N-methyl/N-ethyl adjacent to an activating group) is 1. The van der Waals surface area contributed by atoms with Crippen LogP contribution in [0.25, 0.3) is 0 Å². The van der Waals surface area contributed by atoms with Crippen molar-refractivity contribution >= 4 is 5.69 Å². The molecule has 2 saturated heterocycles. The summed E-state index contributed by atoms with van der Waals surface area (Å²) in [6, 6.07) is 9.01. The molecule has 2 heterocycles. The van der Waals surface area contributed by atoms with Gasteiger partial charge in [-0.1, -0.05) is 20.8 Å². The fourth-order valence-corrected chi connectivity index (χ4v) is 4.38. The van der Waals surface area contributed by atoms with E-state index in [-0.39, 0.29) is 0 Å². The molecule has 0 bridgehead atoms. The lowest BCUT2D eigenvalue weighted by Crippen LogP contribution is -2.47. The Morgan fingerprint density at radius 3 is 2.61 bits per heavy atom. The molecule has 0 aromatic heterocycles. The van der Waals surface area contributed by atoms with Crippen LogP contribution in [-0.4, -0.2) is 74.4 Å². The van der Waals surface area contributed by atoms with Gasteiger partial charge in [0, 0.05) is 44.5 Å². The second-order valence-electron chi connectivity index (χ2n) is 8.31. The molecule has 1 aromatic carbocycles. The quantitative estimate of drug-likeness (QED) is 0.660. The van der Waals surface area contributed by atoms with E-state index in [1.165, 1.54) is 24.9 Å². The van der Waals surface area contributed by atoms with Crippen LogP contribution >= 0.6 is 0 Å². The first-order chi connectivity index (χ1) is 13.7. The van der Waals surface area contributed by atoms with Gasteiger partial charge >= 0.3 is 0 Å². The molecule has 28 heavy (non-hydrogen) atoms. The molecule has 0 radical (unpaired) electrons. The van der Waals surface area contributed by atoms with Crippen LogP contribution in [-0.2, 0) is 4.74 Å². The minimum atomic E-state index is 0.464. The number of anilines is 1. The highest BCUT2D eigenvalue weighted by atomic mass is 16.5. The lowest BCUT2D eigenvalue weighted by Gasteiger charge is -2.38. The first-order valence-electron chi connectivity index (χ1n) is 11.2. The Bertz CT molecular complexity index is 555. The number of hydrogen-bond donors (Lipinski definition) is 1. The molecule has 2 fully saturated rings. The van der Waals surface area contributed by atoms with E-state index >= 15 is 0 Å². The lowest BCUT2D eigenvalue weighted by molar-refractivity contribution is 0.0563. The SMILES string of the molecule is CCN(CC)CCOc1ccc(NC2CCN(CC3CCCO3)CC2C)cc1. The normalized spacial score (nSPS) is 25.9. The molecule has 0 aliphatic carbocycles. The van der Waals surface area contributed by atoms with Crippen LogP contribution in [0.2, 0.25) is 0 Å². The average Bonchev–Trinajstić information content (AvgIpc) is 3.22. The molecular weight excluding hydrogens is 350 g/mol. The molecule has 5 heteroatoms. The maximum atomic E-state index is 5.90. The molecule has 2 aliphatic heterocycles. The molecule has 3 atom stereocenters. The second kappa shape index (κ2) is 11.0. The van der Waals surface area contributed by atoms with E-state index in [1.54, 1.807) is 0 Å². The van der Waals surface area contributed by atoms with Gasteiger partial charge in [-0.05, 0) is 62.5 Å². The van der Waals surface area contributed by atoms with Crippen LogP contribution in [0.5, 0.6) is 5.75 Å². The van der Waals surface area contributed by atoms with Gasteiger partial charge in [-0.2, -0.15) is 0 Å². The number of likely N-dealkylation sites (tertiary alicyclic amines) is 1. The lowest BCUT2D eigenvalue weighted by atomic mass is 9.93. The van der Waals surface area contributed by atoms with E-state index in [4.69, 9.17) is 9.47 Å². The van der Waals surface area contributed by atoms with Crippen molar-refractivity contribution in [3.05, 3.63) is 24.3 Å². The largest absolute Gasteiger partial charge is 0.492 e. The van der Waals surface area contributed by atoms with Crippen molar-refractivity contribution in [2.75, 3.05) is 57.8 Å². The van der Waals surface area contributed by atoms with Gasteiger partial charge in [0.2, 0.25) is 0 Å². The third-order valence-electron chi connectivity index (χ3n) is 6.25. The summed E-state index contributed by atoms with van der Waals surface area (Å²) in [6.07, 6.45) is 4.12. The van der Waals surface area contributed by atoms with Crippen molar-refractivity contribution in [3.8, 4) is 5.75 Å². The fourth-order valence-electron chi connectivity index (χ4n) is 4.38. The van der Waals surface area contributed by atoms with Gasteiger partial charge in [0.05, 0.1) is 6.10 Å². The van der Waals surface area contributed by atoms with Gasteiger partial charge in [-0.3, -0.25) is 0 Å². The van der Waals surface area contributed by atoms with Crippen molar-refractivity contribution in [2.24, 2.45) is 5.92 Å². The number of benzene rings is 1. The molecule has 0 spiro atoms. The molecule has 0 saturated carbocycles. The van der Waals surface area contributed by atoms with E-state index in [9.17, 15) is 0 Å². The summed E-state index contributed by atoms with van der Waals surface area (Å²) >= 11 is 0. The van der Waals surface area contributed by atoms with Crippen molar-refractivity contribution in [1.29, 1.82) is 0 Å². The zero-order valence-corrected chi connectivity index (χ0v) is 18.0. The predicted octanol–water partition coefficient (Wildman–Crippen LogP) is 3.71. The Balaban J connectivity index is 1.40. The first-order valence-corrected chi connectivity index (χ1v) is 11.2. The van der Waals surface area contributed by atoms with E-state index in [1.807, 2.05) is 0 Å². The molecule has 1 N–H and O–H groups in total. The Hall–Kier alpha value is -1.30. The Kier molecular flexibility index (Phi) is 8.44. The molecule has 2 aliphatic rings. The van der Waals surface area contributed by atoms with Gasteiger partial charge in [0.15, 0.2) is 0 Å². The molecule has 158 valence electrons. The van der Waals surface area contributed by atoms with Crippen LogP contribution < -0.4 is 10.1 Å². The van der Waals surface area contributed by atoms with Crippen LogP contribution in [0.1, 0.15) is 40.0 Å². The summed E-state index contributed by atoms with van der Waals surface area (Å²) in [5.41, 5.74) is 1.19. The van der Waals surface area contributed by atoms with Crippen molar-refractivity contribution < 1.29 is 9.47 Å². The third kappa shape index (κ3) is 6.36. The van der Waals surface area contributed by atoms with Crippen molar-refractivity contribution in [3.63, 3.8) is 0 Å². The third-order valence-corrected chi connectivity index (χ3v) is 6.25. The van der Waals surface area contributed by atoms with Crippen molar-refractivity contribution in [2.45, 2.75) is 52.2 Å². The number of nitrogens with one attached hydrogen (secondary N) is 1. The van der Waals surface area contributed by atoms with Gasteiger partial charge in [-0.15, -0.1) is 0 Å². The molecule has 3 rings (SSSR count). The first kappa shape index (κ1) is 21.4. The van der Waals surface area contributed by atoms with Crippen LogP contribution in [0, 0.1) is 5.92 Å². The number of rotatable bonds is 10. The van der Waals surface area contributed by atoms with Crippen LogP contribution in [0.3, 0.4) is 0 Å². The Morgan fingerprint density at radius 2 is 1.96 bits per heavy atom. The number of piperidine rings is 1.